The number of nitrogens with zero attached hydrogens (tertiary/aromatic N) is 2. The summed E-state index contributed by atoms with van der Waals surface area (Å²) < 4.78 is 8.57. The van der Waals surface area contributed by atoms with Crippen molar-refractivity contribution in [2.45, 2.75) is 6.92 Å². The van der Waals surface area contributed by atoms with Crippen LogP contribution in [0.1, 0.15) is 5.56 Å². The molecule has 0 unspecified atom stereocenters. The van der Waals surface area contributed by atoms with E-state index in [1.54, 1.807) is 53.6 Å². The van der Waals surface area contributed by atoms with Crippen LogP contribution in [0.3, 0.4) is 0 Å². The molecule has 0 saturated carbocycles. The number of hydrogen-bond acceptors (Lipinski definition) is 3. The van der Waals surface area contributed by atoms with E-state index in [4.69, 9.17) is 16.3 Å². The molecule has 0 radical (unpaired) electrons. The van der Waals surface area contributed by atoms with Crippen molar-refractivity contribution in [2.24, 2.45) is 14.1 Å². The maximum atomic E-state index is 12.2. The lowest BCUT2D eigenvalue weighted by atomic mass is 10.1. The summed E-state index contributed by atoms with van der Waals surface area (Å²) in [6.45, 7) is 1.76. The molecule has 0 saturated heterocycles. The van der Waals surface area contributed by atoms with Gasteiger partial charge in [0.2, 0.25) is 0 Å². The Morgan fingerprint density at radius 1 is 1.12 bits per heavy atom. The summed E-state index contributed by atoms with van der Waals surface area (Å²) in [6, 6.07) is 10.5. The number of halogens is 1. The third-order valence-corrected chi connectivity index (χ3v) is 4.33. The van der Waals surface area contributed by atoms with E-state index in [0.29, 0.717) is 16.5 Å². The molecule has 25 heavy (non-hydrogen) atoms. The SMILES string of the molecule is Cc1cc2c(cc1NC(=O)COc1ccc(Cl)cc1)n(C)c(=O)n2C. The lowest BCUT2D eigenvalue weighted by Crippen LogP contribution is -2.20. The fourth-order valence-electron chi connectivity index (χ4n) is 2.65. The van der Waals surface area contributed by atoms with E-state index in [2.05, 4.69) is 5.32 Å². The van der Waals surface area contributed by atoms with Crippen molar-refractivity contribution in [3.8, 4) is 5.75 Å². The molecule has 0 spiro atoms. The molecule has 3 aromatic rings. The minimum Gasteiger partial charge on any atom is -0.484 e. The second kappa shape index (κ2) is 6.64. The number of aryl methyl sites for hydroxylation is 3. The zero-order valence-electron chi connectivity index (χ0n) is 14.2. The van der Waals surface area contributed by atoms with Crippen molar-refractivity contribution in [1.82, 2.24) is 9.13 Å². The molecule has 1 aromatic heterocycles. The molecular weight excluding hydrogens is 342 g/mol. The lowest BCUT2D eigenvalue weighted by Gasteiger charge is -2.10. The molecule has 0 bridgehead atoms. The largest absolute Gasteiger partial charge is 0.484 e. The summed E-state index contributed by atoms with van der Waals surface area (Å²) in [5.41, 5.74) is 2.99. The van der Waals surface area contributed by atoms with Gasteiger partial charge in [-0.25, -0.2) is 4.79 Å². The zero-order valence-corrected chi connectivity index (χ0v) is 14.9. The fourth-order valence-corrected chi connectivity index (χ4v) is 2.78. The number of nitrogens with one attached hydrogen (secondary N) is 1. The van der Waals surface area contributed by atoms with Gasteiger partial charge in [0.1, 0.15) is 5.75 Å². The number of amides is 1. The van der Waals surface area contributed by atoms with Gasteiger partial charge < -0.3 is 10.1 Å². The summed E-state index contributed by atoms with van der Waals surface area (Å²) in [4.78, 5) is 24.2. The second-order valence-electron chi connectivity index (χ2n) is 5.85. The summed E-state index contributed by atoms with van der Waals surface area (Å²) in [6.07, 6.45) is 0. The highest BCUT2D eigenvalue weighted by molar-refractivity contribution is 6.30. The van der Waals surface area contributed by atoms with Crippen LogP contribution in [-0.2, 0) is 18.9 Å². The molecule has 7 heteroatoms. The van der Waals surface area contributed by atoms with Crippen LogP contribution in [0.4, 0.5) is 5.69 Å². The Morgan fingerprint density at radius 2 is 1.72 bits per heavy atom. The molecule has 0 fully saturated rings. The molecule has 6 nitrogen and oxygen atoms in total. The predicted molar refractivity (Wildman–Crippen MR) is 98.5 cm³/mol. The average molecular weight is 360 g/mol. The number of imidazole rings is 1. The van der Waals surface area contributed by atoms with Crippen LogP contribution in [0, 0.1) is 6.92 Å². The number of ether oxygens (including phenoxy) is 1. The van der Waals surface area contributed by atoms with Gasteiger partial charge in [-0.1, -0.05) is 11.6 Å². The Kier molecular flexibility index (Phi) is 4.55. The van der Waals surface area contributed by atoms with Crippen LogP contribution in [0.5, 0.6) is 5.75 Å². The van der Waals surface area contributed by atoms with Crippen LogP contribution in [-0.4, -0.2) is 21.6 Å². The first-order valence-corrected chi connectivity index (χ1v) is 8.09. The molecule has 3 rings (SSSR count). The topological polar surface area (TPSA) is 65.3 Å². The molecule has 0 aliphatic rings. The van der Waals surface area contributed by atoms with Crippen molar-refractivity contribution in [2.75, 3.05) is 11.9 Å². The van der Waals surface area contributed by atoms with Crippen LogP contribution in [0.2, 0.25) is 5.02 Å². The third-order valence-electron chi connectivity index (χ3n) is 4.08. The van der Waals surface area contributed by atoms with Crippen LogP contribution in [0.15, 0.2) is 41.2 Å². The Balaban J connectivity index is 1.76. The molecule has 130 valence electrons. The van der Waals surface area contributed by atoms with E-state index in [1.165, 1.54) is 0 Å². The van der Waals surface area contributed by atoms with Crippen molar-refractivity contribution < 1.29 is 9.53 Å². The minimum absolute atomic E-state index is 0.107. The number of carbonyl (C=O) groups is 1. The Hall–Kier alpha value is -2.73. The number of fused-ring (bicyclic) bond motifs is 1. The van der Waals surface area contributed by atoms with Gasteiger partial charge >= 0.3 is 5.69 Å². The van der Waals surface area contributed by atoms with Crippen molar-refractivity contribution in [3.63, 3.8) is 0 Å². The first-order valence-electron chi connectivity index (χ1n) is 7.71. The van der Waals surface area contributed by atoms with Gasteiger partial charge in [-0.2, -0.15) is 0 Å². The maximum Gasteiger partial charge on any atom is 0.328 e. The van der Waals surface area contributed by atoms with Gasteiger partial charge in [-0.15, -0.1) is 0 Å². The number of hydrogen-bond donors (Lipinski definition) is 1. The van der Waals surface area contributed by atoms with Gasteiger partial charge in [0.25, 0.3) is 5.91 Å². The van der Waals surface area contributed by atoms with Crippen LogP contribution < -0.4 is 15.7 Å². The second-order valence-corrected chi connectivity index (χ2v) is 6.28. The third kappa shape index (κ3) is 3.39. The van der Waals surface area contributed by atoms with E-state index in [0.717, 1.165) is 16.6 Å². The van der Waals surface area contributed by atoms with Gasteiger partial charge in [-0.3, -0.25) is 13.9 Å². The van der Waals surface area contributed by atoms with Crippen molar-refractivity contribution in [3.05, 3.63) is 57.5 Å². The summed E-state index contributed by atoms with van der Waals surface area (Å²) in [5, 5.41) is 3.43. The highest BCUT2D eigenvalue weighted by atomic mass is 35.5. The van der Waals surface area contributed by atoms with Crippen molar-refractivity contribution >= 4 is 34.2 Å². The molecule has 0 aliphatic heterocycles. The molecule has 1 heterocycles. The fraction of sp³-hybridized carbons (Fsp3) is 0.222. The number of rotatable bonds is 4. The highest BCUT2D eigenvalue weighted by Crippen LogP contribution is 2.22. The smallest absolute Gasteiger partial charge is 0.328 e. The lowest BCUT2D eigenvalue weighted by molar-refractivity contribution is -0.118. The highest BCUT2D eigenvalue weighted by Gasteiger charge is 2.12. The standard InChI is InChI=1S/C18H18ClN3O3/c1-11-8-15-16(22(3)18(24)21(15)2)9-14(11)20-17(23)10-25-13-6-4-12(19)5-7-13/h4-9H,10H2,1-3H3,(H,20,23). The van der Waals surface area contributed by atoms with Gasteiger partial charge in [-0.05, 0) is 48.9 Å². The molecule has 0 aliphatic carbocycles. The number of benzene rings is 2. The Bertz CT molecular complexity index is 1000. The minimum atomic E-state index is -0.279. The molecular formula is C18H18ClN3O3. The number of carbonyl (C=O) groups excluding carboxylic acids is 1. The molecule has 1 N–H and O–H groups in total. The summed E-state index contributed by atoms with van der Waals surface area (Å²) in [5.74, 6) is 0.288. The van der Waals surface area contributed by atoms with E-state index < -0.39 is 0 Å². The van der Waals surface area contributed by atoms with E-state index in [9.17, 15) is 9.59 Å². The van der Waals surface area contributed by atoms with E-state index in [1.807, 2.05) is 13.0 Å². The first-order chi connectivity index (χ1) is 11.9. The van der Waals surface area contributed by atoms with Crippen LogP contribution >= 0.6 is 11.6 Å². The predicted octanol–water partition coefficient (Wildman–Crippen LogP) is 2.86. The molecule has 2 aromatic carbocycles. The van der Waals surface area contributed by atoms with E-state index in [-0.39, 0.29) is 18.2 Å². The van der Waals surface area contributed by atoms with Crippen LogP contribution in [0.25, 0.3) is 11.0 Å². The molecule has 1 amide bonds. The normalized spacial score (nSPS) is 10.9. The maximum absolute atomic E-state index is 12.2. The summed E-state index contributed by atoms with van der Waals surface area (Å²) in [7, 11) is 3.43. The first kappa shape index (κ1) is 17.1. The zero-order chi connectivity index (χ0) is 18.1. The summed E-state index contributed by atoms with van der Waals surface area (Å²) >= 11 is 5.81. The van der Waals surface area contributed by atoms with Gasteiger partial charge in [0.15, 0.2) is 6.61 Å². The monoisotopic (exact) mass is 359 g/mol. The van der Waals surface area contributed by atoms with Gasteiger partial charge in [0, 0.05) is 24.8 Å². The average Bonchev–Trinajstić information content (AvgIpc) is 2.79. The number of aromatic nitrogens is 2. The Morgan fingerprint density at radius 3 is 2.36 bits per heavy atom. The van der Waals surface area contributed by atoms with Crippen molar-refractivity contribution in [1.29, 1.82) is 0 Å². The quantitative estimate of drug-likeness (QED) is 0.779. The van der Waals surface area contributed by atoms with E-state index >= 15 is 0 Å². The Labute approximate surface area is 149 Å². The number of anilines is 1. The molecule has 0 atom stereocenters. The van der Waals surface area contributed by atoms with Gasteiger partial charge in [0.05, 0.1) is 11.0 Å².